The van der Waals surface area contributed by atoms with Crippen LogP contribution in [0.1, 0.15) is 5.56 Å². The van der Waals surface area contributed by atoms with Crippen molar-refractivity contribution in [2.24, 2.45) is 0 Å². The summed E-state index contributed by atoms with van der Waals surface area (Å²) in [4.78, 5) is 0.825. The molecule has 0 spiro atoms. The first kappa shape index (κ1) is 13.1. The Morgan fingerprint density at radius 1 is 1.17 bits per heavy atom. The van der Waals surface area contributed by atoms with E-state index < -0.39 is 10.8 Å². The van der Waals surface area contributed by atoms with Crippen LogP contribution in [0.2, 0.25) is 5.02 Å². The Labute approximate surface area is 114 Å². The first-order valence-electron chi connectivity index (χ1n) is 5.57. The molecule has 1 atom stereocenters. The van der Waals surface area contributed by atoms with Crippen LogP contribution < -0.4 is 5.32 Å². The van der Waals surface area contributed by atoms with Gasteiger partial charge in [-0.2, -0.15) is 0 Å². The van der Waals surface area contributed by atoms with Crippen LogP contribution in [-0.2, 0) is 17.3 Å². The third-order valence-corrected chi connectivity index (χ3v) is 3.70. The molecule has 2 aromatic rings. The van der Waals surface area contributed by atoms with Gasteiger partial charge in [-0.1, -0.05) is 29.8 Å². The first-order chi connectivity index (χ1) is 8.65. The molecule has 0 amide bonds. The van der Waals surface area contributed by atoms with Crippen LogP contribution in [0.3, 0.4) is 0 Å². The standard InChI is InChI=1S/C14H14ClNOS/c1-18(17)14-7-3-6-13(9-14)16-10-11-4-2-5-12(15)8-11/h2-9,16H,10H2,1H3. The zero-order valence-electron chi connectivity index (χ0n) is 10.0. The van der Waals surface area contributed by atoms with Crippen LogP contribution in [0.5, 0.6) is 0 Å². The number of benzene rings is 2. The summed E-state index contributed by atoms with van der Waals surface area (Å²) in [6, 6.07) is 15.3. The zero-order valence-corrected chi connectivity index (χ0v) is 11.6. The van der Waals surface area contributed by atoms with Gasteiger partial charge in [0.15, 0.2) is 0 Å². The number of anilines is 1. The molecule has 0 saturated heterocycles. The van der Waals surface area contributed by atoms with E-state index >= 15 is 0 Å². The highest BCUT2D eigenvalue weighted by Crippen LogP contribution is 2.16. The van der Waals surface area contributed by atoms with E-state index in [0.717, 1.165) is 21.2 Å². The topological polar surface area (TPSA) is 29.1 Å². The molecule has 0 heterocycles. The molecule has 0 aromatic heterocycles. The maximum absolute atomic E-state index is 11.4. The number of hydrogen-bond acceptors (Lipinski definition) is 2. The SMILES string of the molecule is CS(=O)c1cccc(NCc2cccc(Cl)c2)c1. The second-order valence-electron chi connectivity index (χ2n) is 3.97. The number of rotatable bonds is 4. The summed E-state index contributed by atoms with van der Waals surface area (Å²) >= 11 is 5.93. The molecule has 18 heavy (non-hydrogen) atoms. The Bertz CT molecular complexity index is 571. The lowest BCUT2D eigenvalue weighted by molar-refractivity contribution is 0.687. The largest absolute Gasteiger partial charge is 0.381 e. The lowest BCUT2D eigenvalue weighted by Crippen LogP contribution is -2.00. The molecule has 0 fully saturated rings. The monoisotopic (exact) mass is 279 g/mol. The summed E-state index contributed by atoms with van der Waals surface area (Å²) < 4.78 is 11.4. The van der Waals surface area contributed by atoms with Crippen molar-refractivity contribution < 1.29 is 4.21 Å². The molecule has 1 unspecified atom stereocenters. The summed E-state index contributed by atoms with van der Waals surface area (Å²) in [6.07, 6.45) is 1.68. The van der Waals surface area contributed by atoms with E-state index in [2.05, 4.69) is 5.32 Å². The van der Waals surface area contributed by atoms with Gasteiger partial charge in [0, 0.05) is 39.2 Å². The van der Waals surface area contributed by atoms with Crippen LogP contribution in [0, 0.1) is 0 Å². The van der Waals surface area contributed by atoms with E-state index in [1.807, 2.05) is 48.5 Å². The summed E-state index contributed by atoms with van der Waals surface area (Å²) in [5, 5.41) is 4.02. The molecule has 0 aliphatic carbocycles. The van der Waals surface area contributed by atoms with E-state index in [1.54, 1.807) is 6.26 Å². The molecule has 4 heteroatoms. The molecule has 0 aliphatic heterocycles. The smallest absolute Gasteiger partial charge is 0.0498 e. The van der Waals surface area contributed by atoms with Gasteiger partial charge in [-0.05, 0) is 35.9 Å². The molecule has 2 nitrogen and oxygen atoms in total. The van der Waals surface area contributed by atoms with Crippen molar-refractivity contribution >= 4 is 28.1 Å². The first-order valence-corrected chi connectivity index (χ1v) is 7.50. The van der Waals surface area contributed by atoms with Crippen LogP contribution in [0.25, 0.3) is 0 Å². The van der Waals surface area contributed by atoms with Crippen molar-refractivity contribution in [1.29, 1.82) is 0 Å². The third kappa shape index (κ3) is 3.59. The predicted octanol–water partition coefficient (Wildman–Crippen LogP) is 3.69. The molecule has 0 saturated carbocycles. The molecular weight excluding hydrogens is 266 g/mol. The average Bonchev–Trinajstić information content (AvgIpc) is 2.37. The minimum absolute atomic E-state index is 0.695. The number of halogens is 1. The fraction of sp³-hybridized carbons (Fsp3) is 0.143. The highest BCUT2D eigenvalue weighted by molar-refractivity contribution is 7.84. The van der Waals surface area contributed by atoms with Gasteiger partial charge < -0.3 is 5.32 Å². The molecule has 1 N–H and O–H groups in total. The summed E-state index contributed by atoms with van der Waals surface area (Å²) in [5.41, 5.74) is 2.08. The van der Waals surface area contributed by atoms with Crippen molar-refractivity contribution in [3.63, 3.8) is 0 Å². The molecule has 94 valence electrons. The van der Waals surface area contributed by atoms with Crippen LogP contribution >= 0.6 is 11.6 Å². The molecule has 0 bridgehead atoms. The highest BCUT2D eigenvalue weighted by Gasteiger charge is 1.99. The molecule has 0 aliphatic rings. The van der Waals surface area contributed by atoms with Crippen molar-refractivity contribution in [2.75, 3.05) is 11.6 Å². The van der Waals surface area contributed by atoms with Gasteiger partial charge in [-0.25, -0.2) is 0 Å². The van der Waals surface area contributed by atoms with Crippen LogP contribution in [0.4, 0.5) is 5.69 Å². The van der Waals surface area contributed by atoms with Gasteiger partial charge >= 0.3 is 0 Å². The summed E-state index contributed by atoms with van der Waals surface area (Å²) in [5.74, 6) is 0. The van der Waals surface area contributed by atoms with Crippen molar-refractivity contribution in [1.82, 2.24) is 0 Å². The summed E-state index contributed by atoms with van der Waals surface area (Å²) in [7, 11) is -0.952. The van der Waals surface area contributed by atoms with E-state index in [9.17, 15) is 4.21 Å². The number of hydrogen-bond donors (Lipinski definition) is 1. The van der Waals surface area contributed by atoms with Gasteiger partial charge in [-0.15, -0.1) is 0 Å². The van der Waals surface area contributed by atoms with E-state index in [4.69, 9.17) is 11.6 Å². The predicted molar refractivity (Wildman–Crippen MR) is 77.6 cm³/mol. The third-order valence-electron chi connectivity index (χ3n) is 2.55. The van der Waals surface area contributed by atoms with Crippen molar-refractivity contribution in [3.8, 4) is 0 Å². The van der Waals surface area contributed by atoms with Gasteiger partial charge in [0.2, 0.25) is 0 Å². The second kappa shape index (κ2) is 6.03. The Morgan fingerprint density at radius 2 is 1.94 bits per heavy atom. The van der Waals surface area contributed by atoms with Crippen molar-refractivity contribution in [2.45, 2.75) is 11.4 Å². The Hall–Kier alpha value is -1.32. The number of nitrogens with one attached hydrogen (secondary N) is 1. The maximum atomic E-state index is 11.4. The van der Waals surface area contributed by atoms with Crippen LogP contribution in [-0.4, -0.2) is 10.5 Å². The average molecular weight is 280 g/mol. The fourth-order valence-corrected chi connectivity index (χ4v) is 2.41. The summed E-state index contributed by atoms with van der Waals surface area (Å²) in [6.45, 7) is 0.695. The Balaban J connectivity index is 2.06. The molecule has 0 radical (unpaired) electrons. The van der Waals surface area contributed by atoms with E-state index in [-0.39, 0.29) is 0 Å². The van der Waals surface area contributed by atoms with E-state index in [0.29, 0.717) is 6.54 Å². The van der Waals surface area contributed by atoms with Gasteiger partial charge in [0.25, 0.3) is 0 Å². The van der Waals surface area contributed by atoms with Gasteiger partial charge in [0.05, 0.1) is 0 Å². The van der Waals surface area contributed by atoms with E-state index in [1.165, 1.54) is 0 Å². The second-order valence-corrected chi connectivity index (χ2v) is 5.78. The maximum Gasteiger partial charge on any atom is 0.0498 e. The quantitative estimate of drug-likeness (QED) is 0.925. The molecule has 2 aromatic carbocycles. The Morgan fingerprint density at radius 3 is 2.67 bits per heavy atom. The molecular formula is C14H14ClNOS. The fourth-order valence-electron chi connectivity index (χ4n) is 1.64. The minimum atomic E-state index is -0.952. The van der Waals surface area contributed by atoms with Crippen LogP contribution in [0.15, 0.2) is 53.4 Å². The van der Waals surface area contributed by atoms with Crippen molar-refractivity contribution in [3.05, 3.63) is 59.1 Å². The lowest BCUT2D eigenvalue weighted by Gasteiger charge is -2.08. The highest BCUT2D eigenvalue weighted by atomic mass is 35.5. The minimum Gasteiger partial charge on any atom is -0.381 e. The van der Waals surface area contributed by atoms with Gasteiger partial charge in [-0.3, -0.25) is 4.21 Å². The lowest BCUT2D eigenvalue weighted by atomic mass is 10.2. The van der Waals surface area contributed by atoms with Gasteiger partial charge in [0.1, 0.15) is 0 Å². The Kier molecular flexibility index (Phi) is 4.39. The molecule has 2 rings (SSSR count). The normalized spacial score (nSPS) is 12.1. The zero-order chi connectivity index (χ0) is 13.0.